The standard InChI is InChI=1S/C14H20INO3.C9H19NO2.C6H5IO/c1-14(2,3)19-13(17)16-9-4-10-18-12-7-5-11(15)6-8-12;1-5-6-7-10-8(11)12-9(2,3)4;7-5-1-3-6(8)4-2-5/h5-8H,4,9-10H2,1-3H3,(H,16,17);5-7H2,1-4H3,(H,10,11);1-4,8H. The predicted octanol–water partition coefficient (Wildman–Crippen LogP) is 7.89. The second kappa shape index (κ2) is 20.0. The molecular formula is C29H44I2N2O6. The van der Waals surface area contributed by atoms with Crippen molar-refractivity contribution in [2.24, 2.45) is 0 Å². The summed E-state index contributed by atoms with van der Waals surface area (Å²) in [5.74, 6) is 1.17. The van der Waals surface area contributed by atoms with Crippen LogP contribution < -0.4 is 15.4 Å². The topological polar surface area (TPSA) is 106 Å². The molecule has 0 spiro atoms. The lowest BCUT2D eigenvalue weighted by Gasteiger charge is -2.19. The van der Waals surface area contributed by atoms with Crippen LogP contribution in [0.2, 0.25) is 0 Å². The van der Waals surface area contributed by atoms with Crippen LogP contribution in [0.5, 0.6) is 11.5 Å². The molecule has 0 fully saturated rings. The molecule has 0 saturated heterocycles. The Morgan fingerprint density at radius 1 is 0.744 bits per heavy atom. The van der Waals surface area contributed by atoms with E-state index in [-0.39, 0.29) is 12.2 Å². The van der Waals surface area contributed by atoms with E-state index in [1.54, 1.807) is 12.1 Å². The lowest BCUT2D eigenvalue weighted by Crippen LogP contribution is -2.33. The maximum absolute atomic E-state index is 11.4. The van der Waals surface area contributed by atoms with Gasteiger partial charge in [-0.1, -0.05) is 13.3 Å². The van der Waals surface area contributed by atoms with Crippen molar-refractivity contribution >= 4 is 57.4 Å². The molecule has 0 aliphatic heterocycles. The predicted molar refractivity (Wildman–Crippen MR) is 173 cm³/mol. The molecule has 0 unspecified atom stereocenters. The molecule has 0 aliphatic carbocycles. The summed E-state index contributed by atoms with van der Waals surface area (Å²) in [4.78, 5) is 22.4. The highest BCUT2D eigenvalue weighted by Crippen LogP contribution is 2.13. The number of nitrogens with one attached hydrogen (secondary N) is 2. The Labute approximate surface area is 261 Å². The summed E-state index contributed by atoms with van der Waals surface area (Å²) in [5, 5.41) is 14.1. The minimum Gasteiger partial charge on any atom is -0.508 e. The first-order chi connectivity index (χ1) is 18.1. The molecule has 8 nitrogen and oxygen atoms in total. The lowest BCUT2D eigenvalue weighted by molar-refractivity contribution is 0.0514. The van der Waals surface area contributed by atoms with Gasteiger partial charge in [-0.25, -0.2) is 9.59 Å². The third kappa shape index (κ3) is 24.8. The maximum atomic E-state index is 11.4. The van der Waals surface area contributed by atoms with Crippen molar-refractivity contribution < 1.29 is 28.9 Å². The number of hydrogen-bond donors (Lipinski definition) is 3. The monoisotopic (exact) mass is 770 g/mol. The van der Waals surface area contributed by atoms with Gasteiger partial charge in [0.2, 0.25) is 0 Å². The highest BCUT2D eigenvalue weighted by Gasteiger charge is 2.16. The van der Waals surface area contributed by atoms with Gasteiger partial charge in [0, 0.05) is 20.2 Å². The van der Waals surface area contributed by atoms with Crippen molar-refractivity contribution in [1.82, 2.24) is 10.6 Å². The van der Waals surface area contributed by atoms with E-state index in [0.29, 0.717) is 25.4 Å². The second-order valence-corrected chi connectivity index (χ2v) is 12.8. The fourth-order valence-electron chi connectivity index (χ4n) is 2.42. The molecular weight excluding hydrogens is 726 g/mol. The number of amides is 2. The summed E-state index contributed by atoms with van der Waals surface area (Å²) in [6.07, 6.45) is 2.11. The van der Waals surface area contributed by atoms with Gasteiger partial charge in [0.25, 0.3) is 0 Å². The van der Waals surface area contributed by atoms with E-state index < -0.39 is 11.2 Å². The average Bonchev–Trinajstić information content (AvgIpc) is 2.81. The zero-order valence-electron chi connectivity index (χ0n) is 24.1. The van der Waals surface area contributed by atoms with Gasteiger partial charge in [0.05, 0.1) is 6.61 Å². The van der Waals surface area contributed by atoms with Crippen LogP contribution in [0.1, 0.15) is 67.7 Å². The molecule has 0 saturated carbocycles. The number of hydrogen-bond acceptors (Lipinski definition) is 6. The van der Waals surface area contributed by atoms with E-state index in [9.17, 15) is 9.59 Å². The quantitative estimate of drug-likeness (QED) is 0.186. The number of carbonyl (C=O) groups excluding carboxylic acids is 2. The van der Waals surface area contributed by atoms with Gasteiger partial charge < -0.3 is 30.0 Å². The van der Waals surface area contributed by atoms with Crippen molar-refractivity contribution in [3.8, 4) is 11.5 Å². The zero-order chi connectivity index (χ0) is 29.9. The Morgan fingerprint density at radius 3 is 1.54 bits per heavy atom. The van der Waals surface area contributed by atoms with Crippen LogP contribution in [0.3, 0.4) is 0 Å². The summed E-state index contributed by atoms with van der Waals surface area (Å²) in [5.41, 5.74) is -0.849. The summed E-state index contributed by atoms with van der Waals surface area (Å²) in [6, 6.07) is 14.9. The summed E-state index contributed by atoms with van der Waals surface area (Å²) in [7, 11) is 0. The van der Waals surface area contributed by atoms with E-state index in [1.165, 1.54) is 3.57 Å². The zero-order valence-corrected chi connectivity index (χ0v) is 28.4. The van der Waals surface area contributed by atoms with Crippen LogP contribution in [0, 0.1) is 7.14 Å². The smallest absolute Gasteiger partial charge is 0.407 e. The van der Waals surface area contributed by atoms with E-state index in [4.69, 9.17) is 19.3 Å². The Bertz CT molecular complexity index is 919. The van der Waals surface area contributed by atoms with Gasteiger partial charge in [-0.05, 0) is 148 Å². The average molecular weight is 770 g/mol. The first kappa shape index (κ1) is 37.0. The number of benzene rings is 2. The van der Waals surface area contributed by atoms with Crippen molar-refractivity contribution in [3.63, 3.8) is 0 Å². The van der Waals surface area contributed by atoms with Crippen molar-refractivity contribution in [2.75, 3.05) is 19.7 Å². The largest absolute Gasteiger partial charge is 0.508 e. The Morgan fingerprint density at radius 2 is 1.15 bits per heavy atom. The highest BCUT2D eigenvalue weighted by atomic mass is 127. The fraction of sp³-hybridized carbons (Fsp3) is 0.517. The Hall–Kier alpha value is -1.96. The number of rotatable bonds is 8. The van der Waals surface area contributed by atoms with Crippen LogP contribution in [-0.2, 0) is 9.47 Å². The van der Waals surface area contributed by atoms with E-state index in [2.05, 4.69) is 62.7 Å². The third-order valence-corrected chi connectivity index (χ3v) is 5.54. The van der Waals surface area contributed by atoms with Crippen LogP contribution >= 0.6 is 45.2 Å². The van der Waals surface area contributed by atoms with Crippen molar-refractivity contribution in [1.29, 1.82) is 0 Å². The van der Waals surface area contributed by atoms with Crippen LogP contribution in [-0.4, -0.2) is 48.2 Å². The normalized spacial score (nSPS) is 10.6. The molecule has 0 aromatic heterocycles. The van der Waals surface area contributed by atoms with Gasteiger partial charge in [-0.15, -0.1) is 0 Å². The maximum Gasteiger partial charge on any atom is 0.407 e. The van der Waals surface area contributed by atoms with E-state index in [1.807, 2.05) is 77.9 Å². The summed E-state index contributed by atoms with van der Waals surface area (Å²) in [6.45, 7) is 15.0. The number of phenols is 1. The summed E-state index contributed by atoms with van der Waals surface area (Å²) >= 11 is 4.43. The third-order valence-electron chi connectivity index (χ3n) is 4.10. The highest BCUT2D eigenvalue weighted by molar-refractivity contribution is 14.1. The Balaban J connectivity index is 0.000000614. The van der Waals surface area contributed by atoms with Gasteiger partial charge >= 0.3 is 12.2 Å². The van der Waals surface area contributed by atoms with Crippen LogP contribution in [0.15, 0.2) is 48.5 Å². The lowest BCUT2D eigenvalue weighted by atomic mass is 10.2. The fourth-order valence-corrected chi connectivity index (χ4v) is 3.14. The van der Waals surface area contributed by atoms with Gasteiger partial charge in [-0.3, -0.25) is 0 Å². The number of ether oxygens (including phenoxy) is 3. The van der Waals surface area contributed by atoms with Crippen LogP contribution in [0.4, 0.5) is 9.59 Å². The number of unbranched alkanes of at least 4 members (excludes halogenated alkanes) is 1. The SMILES string of the molecule is CC(C)(C)OC(=O)NCCCOc1ccc(I)cc1.CCCCNC(=O)OC(C)(C)C.Oc1ccc(I)cc1. The van der Waals surface area contributed by atoms with E-state index in [0.717, 1.165) is 28.6 Å². The molecule has 0 aliphatic rings. The van der Waals surface area contributed by atoms with Gasteiger partial charge in [0.1, 0.15) is 22.7 Å². The van der Waals surface area contributed by atoms with Crippen molar-refractivity contribution in [2.45, 2.75) is 78.9 Å². The number of phenolic OH excluding ortho intramolecular Hbond substituents is 1. The van der Waals surface area contributed by atoms with Crippen LogP contribution in [0.25, 0.3) is 0 Å². The van der Waals surface area contributed by atoms with E-state index >= 15 is 0 Å². The molecule has 0 radical (unpaired) electrons. The number of carbonyl (C=O) groups is 2. The minimum atomic E-state index is -0.457. The van der Waals surface area contributed by atoms with Crippen molar-refractivity contribution in [3.05, 3.63) is 55.7 Å². The number of aromatic hydroxyl groups is 1. The minimum absolute atomic E-state index is 0.323. The molecule has 3 N–H and O–H groups in total. The van der Waals surface area contributed by atoms with Gasteiger partial charge in [0.15, 0.2) is 0 Å². The van der Waals surface area contributed by atoms with Gasteiger partial charge in [-0.2, -0.15) is 0 Å². The first-order valence-corrected chi connectivity index (χ1v) is 15.0. The molecule has 0 heterocycles. The Kier molecular flexibility index (Phi) is 19.0. The first-order valence-electron chi connectivity index (χ1n) is 12.9. The molecule has 2 rings (SSSR count). The second-order valence-electron chi connectivity index (χ2n) is 10.3. The molecule has 0 atom stereocenters. The number of alkyl carbamates (subject to hydrolysis) is 2. The molecule has 10 heteroatoms. The molecule has 2 aromatic rings. The number of halogens is 2. The summed E-state index contributed by atoms with van der Waals surface area (Å²) < 4.78 is 18.0. The molecule has 220 valence electrons. The molecule has 0 bridgehead atoms. The molecule has 39 heavy (non-hydrogen) atoms. The molecule has 2 aromatic carbocycles. The molecule has 2 amide bonds.